The lowest BCUT2D eigenvalue weighted by molar-refractivity contribution is -0.136. The van der Waals surface area contributed by atoms with Crippen LogP contribution in [0.4, 0.5) is 4.39 Å². The van der Waals surface area contributed by atoms with Crippen LogP contribution >= 0.6 is 15.9 Å². The number of alkyl halides is 2. The zero-order valence-corrected chi connectivity index (χ0v) is 7.37. The first-order valence-corrected chi connectivity index (χ1v) is 4.29. The van der Waals surface area contributed by atoms with E-state index in [9.17, 15) is 4.39 Å². The van der Waals surface area contributed by atoms with Gasteiger partial charge in [0.05, 0.1) is 6.61 Å². The highest BCUT2D eigenvalue weighted by Crippen LogP contribution is 2.25. The van der Waals surface area contributed by atoms with E-state index in [-0.39, 0.29) is 13.0 Å². The van der Waals surface area contributed by atoms with Gasteiger partial charge in [-0.3, -0.25) is 0 Å². The molecule has 4 atom stereocenters. The lowest BCUT2D eigenvalue weighted by Crippen LogP contribution is -2.46. The molecular formula is C6H10BrFO3. The van der Waals surface area contributed by atoms with Gasteiger partial charge in [-0.1, -0.05) is 15.9 Å². The third kappa shape index (κ3) is 2.11. The average Bonchev–Trinajstić information content (AvgIpc) is 1.96. The number of hydrogen-bond donors (Lipinski definition) is 2. The third-order valence-electron chi connectivity index (χ3n) is 1.66. The molecule has 0 aromatic heterocycles. The molecule has 0 aromatic carbocycles. The van der Waals surface area contributed by atoms with Crippen LogP contribution in [0.5, 0.6) is 0 Å². The maximum absolute atomic E-state index is 12.8. The highest BCUT2D eigenvalue weighted by atomic mass is 79.9. The molecule has 1 aliphatic rings. The zero-order chi connectivity index (χ0) is 8.43. The Bertz CT molecular complexity index is 135. The van der Waals surface area contributed by atoms with E-state index in [1.54, 1.807) is 0 Å². The van der Waals surface area contributed by atoms with Gasteiger partial charge in [0.25, 0.3) is 0 Å². The molecule has 66 valence electrons. The summed E-state index contributed by atoms with van der Waals surface area (Å²) in [6.07, 6.45) is -3.19. The highest BCUT2D eigenvalue weighted by molar-refractivity contribution is 9.09. The molecule has 1 saturated heterocycles. The maximum Gasteiger partial charge on any atom is 0.132 e. The number of rotatable bonds is 1. The fourth-order valence-corrected chi connectivity index (χ4v) is 1.66. The molecule has 1 heterocycles. The van der Waals surface area contributed by atoms with Crippen LogP contribution in [0.25, 0.3) is 0 Å². The van der Waals surface area contributed by atoms with Crippen molar-refractivity contribution in [1.82, 2.24) is 0 Å². The first kappa shape index (κ1) is 9.38. The van der Waals surface area contributed by atoms with Crippen LogP contribution in [0.2, 0.25) is 0 Å². The van der Waals surface area contributed by atoms with Crippen molar-refractivity contribution in [2.75, 3.05) is 6.61 Å². The van der Waals surface area contributed by atoms with E-state index in [2.05, 4.69) is 15.9 Å². The quantitative estimate of drug-likeness (QED) is 0.631. The van der Waals surface area contributed by atoms with E-state index >= 15 is 0 Å². The fraction of sp³-hybridized carbons (Fsp3) is 1.00. The van der Waals surface area contributed by atoms with Gasteiger partial charge >= 0.3 is 0 Å². The Morgan fingerprint density at radius 2 is 2.27 bits per heavy atom. The Labute approximate surface area is 72.3 Å². The summed E-state index contributed by atoms with van der Waals surface area (Å²) < 4.78 is 17.8. The lowest BCUT2D eigenvalue weighted by atomic mass is 10.0. The van der Waals surface area contributed by atoms with Gasteiger partial charge in [0.2, 0.25) is 0 Å². The van der Waals surface area contributed by atoms with Gasteiger partial charge in [-0.05, 0) is 0 Å². The summed E-state index contributed by atoms with van der Waals surface area (Å²) in [6.45, 7) is -0.357. The van der Waals surface area contributed by atoms with E-state index < -0.39 is 23.4 Å². The molecule has 3 nitrogen and oxygen atoms in total. The molecule has 2 N–H and O–H groups in total. The van der Waals surface area contributed by atoms with Crippen molar-refractivity contribution in [3.05, 3.63) is 0 Å². The number of hydrogen-bond acceptors (Lipinski definition) is 3. The van der Waals surface area contributed by atoms with Crippen molar-refractivity contribution >= 4 is 15.9 Å². The average molecular weight is 229 g/mol. The van der Waals surface area contributed by atoms with Crippen LogP contribution in [0, 0.1) is 0 Å². The molecule has 0 radical (unpaired) electrons. The normalized spacial score (nSPS) is 45.8. The second-order valence-electron chi connectivity index (χ2n) is 2.51. The maximum atomic E-state index is 12.8. The summed E-state index contributed by atoms with van der Waals surface area (Å²) in [5, 5.41) is 17.3. The third-order valence-corrected chi connectivity index (χ3v) is 2.25. The fourth-order valence-electron chi connectivity index (χ4n) is 1.03. The largest absolute Gasteiger partial charge is 0.394 e. The van der Waals surface area contributed by atoms with Gasteiger partial charge in [-0.2, -0.15) is 0 Å². The molecule has 0 bridgehead atoms. The van der Waals surface area contributed by atoms with E-state index in [0.29, 0.717) is 0 Å². The molecule has 1 aliphatic heterocycles. The smallest absolute Gasteiger partial charge is 0.132 e. The molecule has 0 amide bonds. The summed E-state index contributed by atoms with van der Waals surface area (Å²) in [5.41, 5.74) is 0. The van der Waals surface area contributed by atoms with E-state index in [1.807, 2.05) is 0 Å². The Hall–Kier alpha value is 0.290. The Morgan fingerprint density at radius 3 is 2.82 bits per heavy atom. The number of halogens is 2. The summed E-state index contributed by atoms with van der Waals surface area (Å²) in [5.74, 6) is 0. The van der Waals surface area contributed by atoms with Crippen LogP contribution in [0.15, 0.2) is 0 Å². The monoisotopic (exact) mass is 228 g/mol. The van der Waals surface area contributed by atoms with Gasteiger partial charge in [-0.15, -0.1) is 0 Å². The van der Waals surface area contributed by atoms with Gasteiger partial charge in [-0.25, -0.2) is 4.39 Å². The number of aliphatic hydroxyl groups excluding tert-OH is 2. The van der Waals surface area contributed by atoms with Gasteiger partial charge in [0.1, 0.15) is 23.4 Å². The minimum atomic E-state index is -1.31. The lowest BCUT2D eigenvalue weighted by Gasteiger charge is -2.32. The zero-order valence-electron chi connectivity index (χ0n) is 5.78. The molecule has 0 saturated carbocycles. The molecular weight excluding hydrogens is 219 g/mol. The predicted molar refractivity (Wildman–Crippen MR) is 40.2 cm³/mol. The minimum absolute atomic E-state index is 0.123. The Morgan fingerprint density at radius 1 is 1.64 bits per heavy atom. The van der Waals surface area contributed by atoms with Gasteiger partial charge < -0.3 is 14.9 Å². The topological polar surface area (TPSA) is 49.7 Å². The van der Waals surface area contributed by atoms with Crippen molar-refractivity contribution in [2.24, 2.45) is 0 Å². The summed E-state index contributed by atoms with van der Waals surface area (Å²) in [6, 6.07) is 0. The molecule has 0 spiro atoms. The molecule has 0 unspecified atom stereocenters. The van der Waals surface area contributed by atoms with Crippen LogP contribution in [0.3, 0.4) is 0 Å². The van der Waals surface area contributed by atoms with Crippen molar-refractivity contribution in [1.29, 1.82) is 0 Å². The summed E-state index contributed by atoms with van der Waals surface area (Å²) in [4.78, 5) is 0. The number of ether oxygens (including phenoxy) is 1. The molecule has 5 heteroatoms. The number of aliphatic hydroxyl groups is 2. The van der Waals surface area contributed by atoms with Gasteiger partial charge in [0.15, 0.2) is 0 Å². The van der Waals surface area contributed by atoms with Crippen LogP contribution in [-0.4, -0.2) is 40.2 Å². The standard InChI is InChI=1S/C6H10BrFO3/c7-5-1-3(8)6(10)4(2-9)11-5/h3-6,9-10H,1-2H2/t3-,4-,5+,6+/m1/s1. The Kier molecular flexibility index (Phi) is 3.24. The molecule has 1 rings (SSSR count). The second-order valence-corrected chi connectivity index (χ2v) is 3.53. The molecule has 0 aliphatic carbocycles. The SMILES string of the molecule is OC[C@H]1O[C@H](Br)C[C@@H](F)[C@@H]1O. The molecule has 0 aromatic rings. The van der Waals surface area contributed by atoms with Crippen LogP contribution < -0.4 is 0 Å². The van der Waals surface area contributed by atoms with E-state index in [0.717, 1.165) is 0 Å². The van der Waals surface area contributed by atoms with E-state index in [1.165, 1.54) is 0 Å². The van der Waals surface area contributed by atoms with Crippen LogP contribution in [0.1, 0.15) is 6.42 Å². The van der Waals surface area contributed by atoms with E-state index in [4.69, 9.17) is 14.9 Å². The van der Waals surface area contributed by atoms with Crippen molar-refractivity contribution in [3.63, 3.8) is 0 Å². The Balaban J connectivity index is 2.51. The minimum Gasteiger partial charge on any atom is -0.394 e. The molecule has 11 heavy (non-hydrogen) atoms. The van der Waals surface area contributed by atoms with Gasteiger partial charge in [0, 0.05) is 6.42 Å². The molecule has 1 fully saturated rings. The summed E-state index contributed by atoms with van der Waals surface area (Å²) >= 11 is 3.05. The predicted octanol–water partition coefficient (Wildman–Crippen LogP) is 0.188. The van der Waals surface area contributed by atoms with Crippen molar-refractivity contribution in [3.8, 4) is 0 Å². The second kappa shape index (κ2) is 3.80. The van der Waals surface area contributed by atoms with Crippen molar-refractivity contribution in [2.45, 2.75) is 29.8 Å². The van der Waals surface area contributed by atoms with Crippen molar-refractivity contribution < 1.29 is 19.3 Å². The first-order valence-electron chi connectivity index (χ1n) is 3.37. The highest BCUT2D eigenvalue weighted by Gasteiger charge is 2.36. The first-order chi connectivity index (χ1) is 5.15. The summed E-state index contributed by atoms with van der Waals surface area (Å²) in [7, 11) is 0. The van der Waals surface area contributed by atoms with Crippen LogP contribution in [-0.2, 0) is 4.74 Å².